The molecule has 6 nitrogen and oxygen atoms in total. The average Bonchev–Trinajstić information content (AvgIpc) is 3.11. The summed E-state index contributed by atoms with van der Waals surface area (Å²) < 4.78 is 5.49. The summed E-state index contributed by atoms with van der Waals surface area (Å²) in [6.45, 7) is 3.21. The molecule has 0 bridgehead atoms. The molecule has 0 radical (unpaired) electrons. The van der Waals surface area contributed by atoms with Gasteiger partial charge >= 0.3 is 12.1 Å². The number of piperidine rings is 1. The molecule has 0 spiro atoms. The molecular weight excluding hydrogens is 392 g/mol. The van der Waals surface area contributed by atoms with Crippen molar-refractivity contribution >= 4 is 12.1 Å². The van der Waals surface area contributed by atoms with Gasteiger partial charge < -0.3 is 20.1 Å². The Morgan fingerprint density at radius 1 is 1.00 bits per heavy atom. The number of carbonyl (C=O) groups excluding carboxylic acids is 1. The Bertz CT molecular complexity index is 878. The minimum atomic E-state index is -1.02. The maximum Gasteiger partial charge on any atom is 0.407 e. The molecule has 0 aromatic heterocycles. The van der Waals surface area contributed by atoms with Crippen LogP contribution in [0.15, 0.2) is 48.5 Å². The van der Waals surface area contributed by atoms with Crippen LogP contribution in [0.5, 0.6) is 0 Å². The summed E-state index contributed by atoms with van der Waals surface area (Å²) >= 11 is 0. The molecule has 2 aromatic rings. The van der Waals surface area contributed by atoms with Crippen LogP contribution in [0.1, 0.15) is 49.1 Å². The molecule has 4 rings (SSSR count). The number of likely N-dealkylation sites (tertiary alicyclic amines) is 1. The second-order valence-corrected chi connectivity index (χ2v) is 8.41. The second-order valence-electron chi connectivity index (χ2n) is 8.41. The van der Waals surface area contributed by atoms with E-state index in [1.165, 1.54) is 19.3 Å². The van der Waals surface area contributed by atoms with Gasteiger partial charge in [-0.05, 0) is 67.6 Å². The predicted molar refractivity (Wildman–Crippen MR) is 119 cm³/mol. The van der Waals surface area contributed by atoms with Crippen LogP contribution >= 0.6 is 0 Å². The summed E-state index contributed by atoms with van der Waals surface area (Å²) in [6, 6.07) is 15.3. The van der Waals surface area contributed by atoms with Crippen LogP contribution in [0, 0.1) is 0 Å². The molecule has 1 heterocycles. The zero-order valence-electron chi connectivity index (χ0n) is 17.8. The first-order valence-electron chi connectivity index (χ1n) is 11.2. The smallest absolute Gasteiger partial charge is 0.407 e. The van der Waals surface area contributed by atoms with Crippen LogP contribution in [-0.4, -0.2) is 54.4 Å². The minimum absolute atomic E-state index is 0.0412. The molecular formula is C25H30N2O4. The van der Waals surface area contributed by atoms with Crippen LogP contribution in [0.4, 0.5) is 4.79 Å². The predicted octanol–water partition coefficient (Wildman–Crippen LogP) is 4.24. The summed E-state index contributed by atoms with van der Waals surface area (Å²) in [7, 11) is 0. The van der Waals surface area contributed by atoms with Gasteiger partial charge in [0.15, 0.2) is 0 Å². The van der Waals surface area contributed by atoms with E-state index in [1.54, 1.807) is 0 Å². The van der Waals surface area contributed by atoms with E-state index in [-0.39, 0.29) is 12.5 Å². The van der Waals surface area contributed by atoms with Crippen LogP contribution in [-0.2, 0) is 9.53 Å². The summed E-state index contributed by atoms with van der Waals surface area (Å²) in [6.07, 6.45) is 4.15. The molecule has 1 saturated heterocycles. The van der Waals surface area contributed by atoms with E-state index in [9.17, 15) is 14.7 Å². The highest BCUT2D eigenvalue weighted by Gasteiger charge is 2.29. The molecule has 2 aromatic carbocycles. The number of hydrogen-bond acceptors (Lipinski definition) is 4. The van der Waals surface area contributed by atoms with Gasteiger partial charge in [-0.2, -0.15) is 0 Å². The molecule has 164 valence electrons. The Morgan fingerprint density at radius 2 is 1.61 bits per heavy atom. The monoisotopic (exact) mass is 422 g/mol. The Labute approximate surface area is 183 Å². The summed E-state index contributed by atoms with van der Waals surface area (Å²) in [5, 5.41) is 12.1. The molecule has 2 N–H and O–H groups in total. The Kier molecular flexibility index (Phi) is 6.87. The van der Waals surface area contributed by atoms with Gasteiger partial charge in [0.2, 0.25) is 0 Å². The summed E-state index contributed by atoms with van der Waals surface area (Å²) in [5.41, 5.74) is 4.59. The van der Waals surface area contributed by atoms with Gasteiger partial charge in [0.05, 0.1) is 0 Å². The van der Waals surface area contributed by atoms with Gasteiger partial charge in [-0.15, -0.1) is 0 Å². The number of fused-ring (bicyclic) bond motifs is 3. The number of carbonyl (C=O) groups is 2. The van der Waals surface area contributed by atoms with E-state index in [0.29, 0.717) is 6.42 Å². The van der Waals surface area contributed by atoms with E-state index < -0.39 is 18.1 Å². The van der Waals surface area contributed by atoms with Crippen molar-refractivity contribution in [3.8, 4) is 11.1 Å². The molecule has 1 amide bonds. The molecule has 0 unspecified atom stereocenters. The number of nitrogens with zero attached hydrogens (tertiary/aromatic N) is 1. The third kappa shape index (κ3) is 5.07. The third-order valence-corrected chi connectivity index (χ3v) is 6.35. The topological polar surface area (TPSA) is 78.9 Å². The van der Waals surface area contributed by atoms with Crippen molar-refractivity contribution in [3.63, 3.8) is 0 Å². The van der Waals surface area contributed by atoms with Crippen molar-refractivity contribution in [2.24, 2.45) is 0 Å². The van der Waals surface area contributed by atoms with E-state index in [0.717, 1.165) is 48.3 Å². The number of carboxylic acid groups (broad SMARTS) is 1. The minimum Gasteiger partial charge on any atom is -0.480 e. The van der Waals surface area contributed by atoms with Crippen LogP contribution in [0.2, 0.25) is 0 Å². The van der Waals surface area contributed by atoms with Crippen molar-refractivity contribution in [2.45, 2.75) is 44.1 Å². The number of carboxylic acids is 1. The average molecular weight is 423 g/mol. The Hall–Kier alpha value is -2.86. The fourth-order valence-corrected chi connectivity index (χ4v) is 4.74. The Morgan fingerprint density at radius 3 is 2.23 bits per heavy atom. The number of benzene rings is 2. The summed E-state index contributed by atoms with van der Waals surface area (Å²) in [4.78, 5) is 26.4. The first-order chi connectivity index (χ1) is 15.1. The number of ether oxygens (including phenoxy) is 1. The highest BCUT2D eigenvalue weighted by Crippen LogP contribution is 2.44. The number of aliphatic carboxylic acids is 1. The van der Waals surface area contributed by atoms with Crippen molar-refractivity contribution in [1.29, 1.82) is 0 Å². The Balaban J connectivity index is 1.31. The van der Waals surface area contributed by atoms with E-state index >= 15 is 0 Å². The quantitative estimate of drug-likeness (QED) is 0.665. The normalized spacial score (nSPS) is 16.9. The van der Waals surface area contributed by atoms with Crippen molar-refractivity contribution < 1.29 is 19.4 Å². The molecule has 6 heteroatoms. The molecule has 1 atom stereocenters. The maximum atomic E-state index is 12.4. The lowest BCUT2D eigenvalue weighted by Gasteiger charge is -2.26. The number of amides is 1. The molecule has 31 heavy (non-hydrogen) atoms. The number of alkyl carbamates (subject to hydrolysis) is 1. The van der Waals surface area contributed by atoms with Gasteiger partial charge in [0, 0.05) is 5.92 Å². The lowest BCUT2D eigenvalue weighted by atomic mass is 9.98. The standard InChI is InChI=1S/C25H30N2O4/c28-24(29)23(13-8-16-27-14-6-1-7-15-27)26-25(30)31-17-22-20-11-4-2-9-18(20)19-10-3-5-12-21(19)22/h2-5,9-12,22-23H,1,6-8,13-17H2,(H,26,30)(H,28,29)/t23-/m1/s1. The molecule has 0 saturated carbocycles. The van der Waals surface area contributed by atoms with Gasteiger partial charge in [-0.1, -0.05) is 55.0 Å². The van der Waals surface area contributed by atoms with Gasteiger partial charge in [-0.3, -0.25) is 0 Å². The second kappa shape index (κ2) is 9.96. The van der Waals surface area contributed by atoms with Crippen molar-refractivity contribution in [3.05, 3.63) is 59.7 Å². The molecule has 1 aliphatic heterocycles. The number of rotatable bonds is 8. The highest BCUT2D eigenvalue weighted by molar-refractivity contribution is 5.81. The molecule has 1 fully saturated rings. The SMILES string of the molecule is O=C(N[C@H](CCCN1CCCCC1)C(=O)O)OCC1c2ccccc2-c2ccccc21. The van der Waals surface area contributed by atoms with Crippen LogP contribution in [0.3, 0.4) is 0 Å². The number of nitrogens with one attached hydrogen (secondary N) is 1. The van der Waals surface area contributed by atoms with E-state index in [2.05, 4.69) is 34.5 Å². The van der Waals surface area contributed by atoms with E-state index in [4.69, 9.17) is 4.74 Å². The van der Waals surface area contributed by atoms with Crippen LogP contribution in [0.25, 0.3) is 11.1 Å². The first-order valence-corrected chi connectivity index (χ1v) is 11.2. The molecule has 2 aliphatic rings. The zero-order valence-corrected chi connectivity index (χ0v) is 17.8. The zero-order chi connectivity index (χ0) is 21.6. The van der Waals surface area contributed by atoms with Crippen molar-refractivity contribution in [1.82, 2.24) is 10.2 Å². The lowest BCUT2D eigenvalue weighted by molar-refractivity contribution is -0.139. The third-order valence-electron chi connectivity index (χ3n) is 6.35. The maximum absolute atomic E-state index is 12.4. The highest BCUT2D eigenvalue weighted by atomic mass is 16.5. The fraction of sp³-hybridized carbons (Fsp3) is 0.440. The summed E-state index contributed by atoms with van der Waals surface area (Å²) in [5.74, 6) is -1.06. The molecule has 1 aliphatic carbocycles. The van der Waals surface area contributed by atoms with Gasteiger partial charge in [-0.25, -0.2) is 9.59 Å². The largest absolute Gasteiger partial charge is 0.480 e. The lowest BCUT2D eigenvalue weighted by Crippen LogP contribution is -2.42. The van der Waals surface area contributed by atoms with Gasteiger partial charge in [0.25, 0.3) is 0 Å². The fourth-order valence-electron chi connectivity index (χ4n) is 4.74. The van der Waals surface area contributed by atoms with E-state index in [1.807, 2.05) is 24.3 Å². The first kappa shape index (κ1) is 21.4. The van der Waals surface area contributed by atoms with Crippen molar-refractivity contribution in [2.75, 3.05) is 26.2 Å². The number of hydrogen-bond donors (Lipinski definition) is 2. The van der Waals surface area contributed by atoms with Crippen LogP contribution < -0.4 is 5.32 Å². The van der Waals surface area contributed by atoms with Gasteiger partial charge in [0.1, 0.15) is 12.6 Å².